The number of benzene rings is 1. The summed E-state index contributed by atoms with van der Waals surface area (Å²) in [5.74, 6) is 0. The number of hydrogen-bond acceptors (Lipinski definition) is 3. The van der Waals surface area contributed by atoms with Crippen molar-refractivity contribution in [2.24, 2.45) is 0 Å². The van der Waals surface area contributed by atoms with E-state index < -0.39 is 0 Å². The van der Waals surface area contributed by atoms with Gasteiger partial charge in [-0.1, -0.05) is 24.3 Å². The highest BCUT2D eigenvalue weighted by molar-refractivity contribution is 5.74. The van der Waals surface area contributed by atoms with Gasteiger partial charge in [-0.05, 0) is 23.8 Å². The van der Waals surface area contributed by atoms with Gasteiger partial charge in [0, 0.05) is 36.6 Å². The number of hydrogen-bond donors (Lipinski definition) is 0. The van der Waals surface area contributed by atoms with Gasteiger partial charge in [0.1, 0.15) is 6.29 Å². The lowest BCUT2D eigenvalue weighted by molar-refractivity contribution is 0.112. The van der Waals surface area contributed by atoms with Crippen molar-refractivity contribution in [3.05, 3.63) is 78.4 Å². The minimum absolute atomic E-state index is 0.0510. The van der Waals surface area contributed by atoms with Crippen molar-refractivity contribution in [3.8, 4) is 0 Å². The number of allylic oxidation sites excluding steroid dienone is 1. The molecule has 3 aromatic rings. The van der Waals surface area contributed by atoms with Crippen molar-refractivity contribution in [2.45, 2.75) is 6.04 Å². The third kappa shape index (κ3) is 2.97. The fourth-order valence-electron chi connectivity index (χ4n) is 2.11. The van der Waals surface area contributed by atoms with Crippen LogP contribution in [0.3, 0.4) is 0 Å². The maximum Gasteiger partial charge on any atom is 0.150 e. The molecule has 2 aromatic heterocycles. The number of rotatable bonds is 5. The van der Waals surface area contributed by atoms with Crippen LogP contribution in [0.1, 0.15) is 22.0 Å². The first-order valence-electron chi connectivity index (χ1n) is 6.58. The van der Waals surface area contributed by atoms with Gasteiger partial charge < -0.3 is 0 Å². The Morgan fingerprint density at radius 2 is 1.76 bits per heavy atom. The first kappa shape index (κ1) is 13.1. The van der Waals surface area contributed by atoms with Crippen molar-refractivity contribution < 1.29 is 4.79 Å². The summed E-state index contributed by atoms with van der Waals surface area (Å²) < 4.78 is 3.59. The van der Waals surface area contributed by atoms with Crippen molar-refractivity contribution in [3.63, 3.8) is 0 Å². The van der Waals surface area contributed by atoms with Gasteiger partial charge in [0.15, 0.2) is 0 Å². The van der Waals surface area contributed by atoms with Gasteiger partial charge in [-0.2, -0.15) is 10.2 Å². The Kier molecular flexibility index (Phi) is 3.73. The van der Waals surface area contributed by atoms with Gasteiger partial charge in [-0.3, -0.25) is 9.48 Å². The van der Waals surface area contributed by atoms with E-state index in [9.17, 15) is 4.79 Å². The molecule has 3 rings (SSSR count). The van der Waals surface area contributed by atoms with E-state index in [1.54, 1.807) is 29.2 Å². The molecule has 0 aliphatic rings. The van der Waals surface area contributed by atoms with Crippen LogP contribution in [0.5, 0.6) is 0 Å². The van der Waals surface area contributed by atoms with Gasteiger partial charge in [0.05, 0.1) is 6.04 Å². The number of carbonyl (C=O) groups excluding carboxylic acids is 1. The van der Waals surface area contributed by atoms with Crippen molar-refractivity contribution in [2.75, 3.05) is 0 Å². The first-order valence-corrected chi connectivity index (χ1v) is 6.58. The van der Waals surface area contributed by atoms with Crippen LogP contribution in [0.4, 0.5) is 0 Å². The second kappa shape index (κ2) is 6.00. The Hall–Kier alpha value is -2.95. The van der Waals surface area contributed by atoms with Crippen LogP contribution in [0.25, 0.3) is 6.20 Å². The van der Waals surface area contributed by atoms with Gasteiger partial charge in [-0.15, -0.1) is 0 Å². The molecule has 5 nitrogen and oxygen atoms in total. The summed E-state index contributed by atoms with van der Waals surface area (Å²) in [5, 5.41) is 8.45. The standard InChI is InChI=1S/C16H14N4O/c21-13-14-3-5-15(6-4-14)16(20-11-2-9-18-20)7-12-19-10-1-8-17-19/h1-13,16H/b12-7+. The van der Waals surface area contributed by atoms with Crippen molar-refractivity contribution in [1.29, 1.82) is 0 Å². The van der Waals surface area contributed by atoms with Crippen LogP contribution in [0, 0.1) is 0 Å². The fourth-order valence-corrected chi connectivity index (χ4v) is 2.11. The molecule has 0 spiro atoms. The minimum atomic E-state index is -0.0510. The third-order valence-corrected chi connectivity index (χ3v) is 3.17. The molecule has 104 valence electrons. The lowest BCUT2D eigenvalue weighted by Crippen LogP contribution is -2.09. The van der Waals surface area contributed by atoms with E-state index in [2.05, 4.69) is 10.2 Å². The third-order valence-electron chi connectivity index (χ3n) is 3.17. The smallest absolute Gasteiger partial charge is 0.150 e. The Balaban J connectivity index is 1.93. The molecule has 0 aliphatic carbocycles. The van der Waals surface area contributed by atoms with Crippen LogP contribution in [0.15, 0.2) is 67.3 Å². The second-order valence-corrected chi connectivity index (χ2v) is 4.54. The molecule has 0 fully saturated rings. The highest BCUT2D eigenvalue weighted by atomic mass is 16.1. The lowest BCUT2D eigenvalue weighted by Gasteiger charge is -2.14. The molecule has 0 N–H and O–H groups in total. The minimum Gasteiger partial charge on any atom is -0.298 e. The predicted molar refractivity (Wildman–Crippen MR) is 79.8 cm³/mol. The molecule has 1 aromatic carbocycles. The van der Waals surface area contributed by atoms with Crippen LogP contribution in [0.2, 0.25) is 0 Å². The zero-order valence-corrected chi connectivity index (χ0v) is 11.3. The Morgan fingerprint density at radius 3 is 2.38 bits per heavy atom. The Morgan fingerprint density at radius 1 is 1.00 bits per heavy atom. The normalized spacial score (nSPS) is 12.6. The molecule has 0 bridgehead atoms. The van der Waals surface area contributed by atoms with Gasteiger partial charge >= 0.3 is 0 Å². The highest BCUT2D eigenvalue weighted by Crippen LogP contribution is 2.19. The Bertz CT molecular complexity index is 712. The van der Waals surface area contributed by atoms with Gasteiger partial charge in [0.25, 0.3) is 0 Å². The zero-order chi connectivity index (χ0) is 14.5. The van der Waals surface area contributed by atoms with E-state index in [-0.39, 0.29) is 6.04 Å². The van der Waals surface area contributed by atoms with E-state index in [0.29, 0.717) is 5.56 Å². The van der Waals surface area contributed by atoms with Crippen LogP contribution in [-0.4, -0.2) is 25.8 Å². The molecule has 0 amide bonds. The van der Waals surface area contributed by atoms with E-state index in [1.165, 1.54) is 0 Å². The summed E-state index contributed by atoms with van der Waals surface area (Å²) in [6.07, 6.45) is 12.0. The SMILES string of the molecule is O=Cc1ccc(C(/C=C/n2cccn2)n2cccn2)cc1. The summed E-state index contributed by atoms with van der Waals surface area (Å²) in [7, 11) is 0. The van der Waals surface area contributed by atoms with Crippen molar-refractivity contribution in [1.82, 2.24) is 19.6 Å². The number of carbonyl (C=O) groups is 1. The van der Waals surface area contributed by atoms with E-state index in [4.69, 9.17) is 0 Å². The molecule has 0 saturated carbocycles. The summed E-state index contributed by atoms with van der Waals surface area (Å²) in [6.45, 7) is 0. The second-order valence-electron chi connectivity index (χ2n) is 4.54. The van der Waals surface area contributed by atoms with Gasteiger partial charge in [-0.25, -0.2) is 4.68 Å². The maximum absolute atomic E-state index is 10.8. The molecular formula is C16H14N4O. The summed E-state index contributed by atoms with van der Waals surface area (Å²) in [5.41, 5.74) is 1.71. The quantitative estimate of drug-likeness (QED) is 0.674. The molecular weight excluding hydrogens is 264 g/mol. The zero-order valence-electron chi connectivity index (χ0n) is 11.3. The van der Waals surface area contributed by atoms with Crippen LogP contribution < -0.4 is 0 Å². The molecule has 5 heteroatoms. The van der Waals surface area contributed by atoms with E-state index in [1.807, 2.05) is 53.6 Å². The molecule has 2 heterocycles. The topological polar surface area (TPSA) is 52.7 Å². The first-order chi connectivity index (χ1) is 10.4. The average molecular weight is 278 g/mol. The molecule has 1 unspecified atom stereocenters. The van der Waals surface area contributed by atoms with Crippen molar-refractivity contribution >= 4 is 12.5 Å². The summed E-state index contributed by atoms with van der Waals surface area (Å²) in [4.78, 5) is 10.8. The summed E-state index contributed by atoms with van der Waals surface area (Å²) >= 11 is 0. The van der Waals surface area contributed by atoms with Crippen LogP contribution in [-0.2, 0) is 0 Å². The largest absolute Gasteiger partial charge is 0.298 e. The number of aromatic nitrogens is 4. The lowest BCUT2D eigenvalue weighted by atomic mass is 10.1. The molecule has 21 heavy (non-hydrogen) atoms. The fraction of sp³-hybridized carbons (Fsp3) is 0.0625. The van der Waals surface area contributed by atoms with E-state index >= 15 is 0 Å². The number of aldehydes is 1. The maximum atomic E-state index is 10.8. The predicted octanol–water partition coefficient (Wildman–Crippen LogP) is 2.65. The van der Waals surface area contributed by atoms with E-state index in [0.717, 1.165) is 11.8 Å². The van der Waals surface area contributed by atoms with Gasteiger partial charge in [0.2, 0.25) is 0 Å². The monoisotopic (exact) mass is 278 g/mol. The highest BCUT2D eigenvalue weighted by Gasteiger charge is 2.10. The Labute approximate surface area is 122 Å². The molecule has 0 saturated heterocycles. The average Bonchev–Trinajstić information content (AvgIpc) is 3.21. The van der Waals surface area contributed by atoms with Crippen LogP contribution >= 0.6 is 0 Å². The molecule has 0 radical (unpaired) electrons. The molecule has 0 aliphatic heterocycles. The molecule has 1 atom stereocenters. The summed E-state index contributed by atoms with van der Waals surface area (Å²) in [6, 6.07) is 11.2. The number of nitrogens with zero attached hydrogens (tertiary/aromatic N) is 4.